The van der Waals surface area contributed by atoms with Crippen LogP contribution in [0.25, 0.3) is 0 Å². The third-order valence-electron chi connectivity index (χ3n) is 5.58. The summed E-state index contributed by atoms with van der Waals surface area (Å²) in [6.45, 7) is 3.25. The topological polar surface area (TPSA) is 96.3 Å². The van der Waals surface area contributed by atoms with E-state index in [1.54, 1.807) is 29.1 Å². The van der Waals surface area contributed by atoms with Crippen molar-refractivity contribution >= 4 is 21.6 Å². The second-order valence-corrected chi connectivity index (χ2v) is 9.18. The van der Waals surface area contributed by atoms with Gasteiger partial charge in [-0.2, -0.15) is 9.82 Å². The molecule has 2 aliphatic heterocycles. The molecule has 0 saturated carbocycles. The second kappa shape index (κ2) is 7.56. The fraction of sp³-hybridized carbons (Fsp3) is 0.474. The van der Waals surface area contributed by atoms with E-state index in [0.717, 1.165) is 12.8 Å². The summed E-state index contributed by atoms with van der Waals surface area (Å²) in [6.07, 6.45) is 5.15. The number of aromatic nitrogens is 2. The SMILES string of the molecule is CC(CC(=O)N1CCC(C2Nc3ccccc3S(=O)(=O)N2)CC1)n1cccn1. The fourth-order valence-corrected chi connectivity index (χ4v) is 5.35. The standard InChI is InChI=1S/C19H25N5O3S/c1-14(24-10-4-9-20-24)13-18(25)23-11-7-15(8-12-23)19-21-16-5-2-3-6-17(16)28(26,27)22-19/h2-6,9-10,14-15,19,21-22H,7-8,11-13H2,1H3. The van der Waals surface area contributed by atoms with Crippen LogP contribution in [0, 0.1) is 5.92 Å². The zero-order valence-electron chi connectivity index (χ0n) is 15.8. The molecule has 4 rings (SSSR count). The number of nitrogens with zero attached hydrogens (tertiary/aromatic N) is 3. The molecule has 150 valence electrons. The maximum Gasteiger partial charge on any atom is 0.244 e. The Morgan fingerprint density at radius 1 is 1.25 bits per heavy atom. The van der Waals surface area contributed by atoms with Crippen LogP contribution in [0.15, 0.2) is 47.6 Å². The first-order chi connectivity index (χ1) is 13.4. The van der Waals surface area contributed by atoms with Crippen LogP contribution in [0.2, 0.25) is 0 Å². The van der Waals surface area contributed by atoms with Crippen LogP contribution in [-0.4, -0.2) is 48.3 Å². The molecule has 2 atom stereocenters. The van der Waals surface area contributed by atoms with Gasteiger partial charge in [0.2, 0.25) is 15.9 Å². The number of fused-ring (bicyclic) bond motifs is 1. The molecule has 1 aromatic carbocycles. The monoisotopic (exact) mass is 403 g/mol. The second-order valence-electron chi connectivity index (χ2n) is 7.50. The molecule has 1 saturated heterocycles. The number of carbonyl (C=O) groups excluding carboxylic acids is 1. The Morgan fingerprint density at radius 2 is 2.00 bits per heavy atom. The first-order valence-electron chi connectivity index (χ1n) is 9.59. The largest absolute Gasteiger partial charge is 0.368 e. The average molecular weight is 404 g/mol. The van der Waals surface area contributed by atoms with Crippen LogP contribution < -0.4 is 10.0 Å². The summed E-state index contributed by atoms with van der Waals surface area (Å²) in [5.74, 6) is 0.250. The lowest BCUT2D eigenvalue weighted by Gasteiger charge is -2.39. The minimum atomic E-state index is -3.51. The van der Waals surface area contributed by atoms with Gasteiger partial charge in [-0.3, -0.25) is 9.48 Å². The van der Waals surface area contributed by atoms with E-state index >= 15 is 0 Å². The predicted octanol–water partition coefficient (Wildman–Crippen LogP) is 1.80. The predicted molar refractivity (Wildman–Crippen MR) is 105 cm³/mol. The number of hydrogen-bond acceptors (Lipinski definition) is 5. The van der Waals surface area contributed by atoms with Gasteiger partial charge in [-0.1, -0.05) is 12.1 Å². The number of benzene rings is 1. The van der Waals surface area contributed by atoms with Crippen LogP contribution in [0.3, 0.4) is 0 Å². The molecule has 8 nitrogen and oxygen atoms in total. The molecule has 0 radical (unpaired) electrons. The third-order valence-corrected chi connectivity index (χ3v) is 7.08. The molecule has 2 N–H and O–H groups in total. The lowest BCUT2D eigenvalue weighted by Crippen LogP contribution is -2.52. The first kappa shape index (κ1) is 18.9. The summed E-state index contributed by atoms with van der Waals surface area (Å²) in [5.41, 5.74) is 0.637. The van der Waals surface area contributed by atoms with Gasteiger partial charge in [0.15, 0.2) is 0 Å². The van der Waals surface area contributed by atoms with Gasteiger partial charge < -0.3 is 10.2 Å². The Hall–Kier alpha value is -2.39. The summed E-state index contributed by atoms with van der Waals surface area (Å²) in [6, 6.07) is 8.80. The Balaban J connectivity index is 1.35. The summed E-state index contributed by atoms with van der Waals surface area (Å²) >= 11 is 0. The van der Waals surface area contributed by atoms with Crippen molar-refractivity contribution in [1.82, 2.24) is 19.4 Å². The molecule has 1 fully saturated rings. The number of piperidine rings is 1. The van der Waals surface area contributed by atoms with Crippen molar-refractivity contribution in [2.24, 2.45) is 5.92 Å². The maximum absolute atomic E-state index is 12.6. The fourth-order valence-electron chi connectivity index (χ4n) is 3.96. The number of amides is 1. The quantitative estimate of drug-likeness (QED) is 0.812. The highest BCUT2D eigenvalue weighted by atomic mass is 32.2. The van der Waals surface area contributed by atoms with Crippen molar-refractivity contribution < 1.29 is 13.2 Å². The van der Waals surface area contributed by atoms with Crippen molar-refractivity contribution in [2.45, 2.75) is 43.3 Å². The van der Waals surface area contributed by atoms with E-state index in [2.05, 4.69) is 15.1 Å². The number of likely N-dealkylation sites (tertiary alicyclic amines) is 1. The van der Waals surface area contributed by atoms with Crippen molar-refractivity contribution in [3.8, 4) is 0 Å². The lowest BCUT2D eigenvalue weighted by atomic mass is 9.93. The smallest absolute Gasteiger partial charge is 0.244 e. The lowest BCUT2D eigenvalue weighted by molar-refractivity contribution is -0.133. The Kier molecular flexibility index (Phi) is 5.11. The van der Waals surface area contributed by atoms with Gasteiger partial charge in [-0.15, -0.1) is 0 Å². The van der Waals surface area contributed by atoms with Crippen molar-refractivity contribution in [3.05, 3.63) is 42.7 Å². The first-order valence-corrected chi connectivity index (χ1v) is 11.1. The van der Waals surface area contributed by atoms with Crippen molar-refractivity contribution in [2.75, 3.05) is 18.4 Å². The minimum Gasteiger partial charge on any atom is -0.368 e. The van der Waals surface area contributed by atoms with E-state index in [0.29, 0.717) is 25.2 Å². The van der Waals surface area contributed by atoms with Gasteiger partial charge in [0, 0.05) is 31.9 Å². The van der Waals surface area contributed by atoms with Gasteiger partial charge in [-0.25, -0.2) is 8.42 Å². The van der Waals surface area contributed by atoms with Crippen LogP contribution >= 0.6 is 0 Å². The summed E-state index contributed by atoms with van der Waals surface area (Å²) in [4.78, 5) is 14.8. The van der Waals surface area contributed by atoms with Gasteiger partial charge in [0.05, 0.1) is 17.9 Å². The third kappa shape index (κ3) is 3.77. The molecule has 0 aliphatic carbocycles. The molecule has 28 heavy (non-hydrogen) atoms. The van der Waals surface area contributed by atoms with Crippen molar-refractivity contribution in [3.63, 3.8) is 0 Å². The van der Waals surface area contributed by atoms with Gasteiger partial charge in [0.1, 0.15) is 4.90 Å². The summed E-state index contributed by atoms with van der Waals surface area (Å²) in [7, 11) is -3.51. The Morgan fingerprint density at radius 3 is 2.71 bits per heavy atom. The molecular weight excluding hydrogens is 378 g/mol. The molecule has 1 aromatic heterocycles. The van der Waals surface area contributed by atoms with Gasteiger partial charge in [-0.05, 0) is 43.9 Å². The number of sulfonamides is 1. The van der Waals surface area contributed by atoms with Crippen molar-refractivity contribution in [1.29, 1.82) is 0 Å². The highest BCUT2D eigenvalue weighted by molar-refractivity contribution is 7.89. The molecule has 2 unspecified atom stereocenters. The molecule has 2 aliphatic rings. The number of rotatable bonds is 4. The molecule has 3 heterocycles. The minimum absolute atomic E-state index is 0.0172. The summed E-state index contributed by atoms with van der Waals surface area (Å²) in [5, 5.41) is 7.50. The zero-order valence-corrected chi connectivity index (χ0v) is 16.6. The molecule has 9 heteroatoms. The summed E-state index contributed by atoms with van der Waals surface area (Å²) < 4.78 is 29.6. The molecule has 1 amide bonds. The van der Waals surface area contributed by atoms with E-state index in [-0.39, 0.29) is 28.9 Å². The number of carbonyl (C=O) groups is 1. The van der Waals surface area contributed by atoms with Crippen LogP contribution in [0.5, 0.6) is 0 Å². The normalized spacial score (nSPS) is 22.9. The maximum atomic E-state index is 12.6. The van der Waals surface area contributed by atoms with Crippen LogP contribution in [0.4, 0.5) is 5.69 Å². The van der Waals surface area contributed by atoms with E-state index in [1.807, 2.05) is 30.2 Å². The van der Waals surface area contributed by atoms with E-state index in [4.69, 9.17) is 0 Å². The van der Waals surface area contributed by atoms with Crippen LogP contribution in [0.1, 0.15) is 32.2 Å². The molecule has 2 aromatic rings. The zero-order chi connectivity index (χ0) is 19.7. The highest BCUT2D eigenvalue weighted by Gasteiger charge is 2.35. The molecule has 0 bridgehead atoms. The average Bonchev–Trinajstić information content (AvgIpc) is 3.22. The Bertz CT molecular complexity index is 936. The Labute approximate surface area is 165 Å². The van der Waals surface area contributed by atoms with Gasteiger partial charge >= 0.3 is 0 Å². The van der Waals surface area contributed by atoms with E-state index in [1.165, 1.54) is 0 Å². The number of hydrogen-bond donors (Lipinski definition) is 2. The van der Waals surface area contributed by atoms with E-state index in [9.17, 15) is 13.2 Å². The van der Waals surface area contributed by atoms with Crippen LogP contribution in [-0.2, 0) is 14.8 Å². The number of anilines is 1. The van der Waals surface area contributed by atoms with Gasteiger partial charge in [0.25, 0.3) is 0 Å². The highest BCUT2D eigenvalue weighted by Crippen LogP contribution is 2.31. The number of para-hydroxylation sites is 1. The molecular formula is C19H25N5O3S. The molecule has 0 spiro atoms. The van der Waals surface area contributed by atoms with E-state index < -0.39 is 10.0 Å². The number of nitrogens with one attached hydrogen (secondary N) is 2.